The van der Waals surface area contributed by atoms with Crippen molar-refractivity contribution in [3.63, 3.8) is 0 Å². The number of piperidine rings is 1. The van der Waals surface area contributed by atoms with Gasteiger partial charge in [0, 0.05) is 32.7 Å². The van der Waals surface area contributed by atoms with Crippen molar-refractivity contribution in [2.45, 2.75) is 58.7 Å². The summed E-state index contributed by atoms with van der Waals surface area (Å²) in [6.45, 7) is 9.94. The van der Waals surface area contributed by atoms with Crippen LogP contribution in [0.3, 0.4) is 0 Å². The first kappa shape index (κ1) is 28.1. The third kappa shape index (κ3) is 7.34. The lowest BCUT2D eigenvalue weighted by Gasteiger charge is -2.38. The number of nitrogens with zero attached hydrogens (tertiary/aromatic N) is 3. The number of anilines is 1. The second-order valence-corrected chi connectivity index (χ2v) is 10.2. The standard InChI is InChI=1S/C30H43N5O3/c1-3-4-16-31-28-26(29(36)32-24(2)33-19-21-38-22-20-33)14-11-15-27(28)30(37)35(34-17-9-6-10-18-34)23-25-12-7-5-8-13-25/h5,7-8,11-15,24,31H,3-4,6,9-10,16-23H2,1-2H3,(H,32,36). The molecule has 4 rings (SSSR count). The van der Waals surface area contributed by atoms with Crippen LogP contribution in [-0.2, 0) is 11.3 Å². The molecule has 2 amide bonds. The highest BCUT2D eigenvalue weighted by atomic mass is 16.5. The van der Waals surface area contributed by atoms with Crippen molar-refractivity contribution in [1.82, 2.24) is 20.2 Å². The molecule has 2 aromatic carbocycles. The first-order valence-electron chi connectivity index (χ1n) is 14.2. The van der Waals surface area contributed by atoms with Crippen molar-refractivity contribution in [2.24, 2.45) is 0 Å². The number of benzene rings is 2. The Morgan fingerprint density at radius 1 is 0.947 bits per heavy atom. The SMILES string of the molecule is CCCCNc1c(C(=O)NC(C)N2CCOCC2)cccc1C(=O)N(Cc1ccccc1)N1CCCCC1. The Morgan fingerprint density at radius 3 is 2.37 bits per heavy atom. The Morgan fingerprint density at radius 2 is 1.66 bits per heavy atom. The number of unbranched alkanes of at least 4 members (excludes halogenated alkanes) is 1. The van der Waals surface area contributed by atoms with Crippen molar-refractivity contribution in [1.29, 1.82) is 0 Å². The van der Waals surface area contributed by atoms with E-state index in [9.17, 15) is 9.59 Å². The predicted molar refractivity (Wildman–Crippen MR) is 151 cm³/mol. The number of amides is 2. The lowest BCUT2D eigenvalue weighted by molar-refractivity contribution is -0.0266. The van der Waals surface area contributed by atoms with Crippen molar-refractivity contribution in [3.8, 4) is 0 Å². The molecule has 2 heterocycles. The van der Waals surface area contributed by atoms with Gasteiger partial charge in [-0.1, -0.05) is 56.2 Å². The minimum Gasteiger partial charge on any atom is -0.384 e. The lowest BCUT2D eigenvalue weighted by Crippen LogP contribution is -2.51. The number of hydrogen-bond acceptors (Lipinski definition) is 6. The minimum atomic E-state index is -0.176. The number of hydrogen-bond donors (Lipinski definition) is 2. The topological polar surface area (TPSA) is 77.2 Å². The number of hydrazine groups is 1. The van der Waals surface area contributed by atoms with Crippen molar-refractivity contribution < 1.29 is 14.3 Å². The molecular weight excluding hydrogens is 478 g/mol. The van der Waals surface area contributed by atoms with Crippen LogP contribution < -0.4 is 10.6 Å². The van der Waals surface area contributed by atoms with E-state index in [2.05, 4.69) is 39.6 Å². The van der Waals surface area contributed by atoms with Crippen molar-refractivity contribution >= 4 is 17.5 Å². The predicted octanol–water partition coefficient (Wildman–Crippen LogP) is 4.35. The monoisotopic (exact) mass is 521 g/mol. The molecule has 38 heavy (non-hydrogen) atoms. The van der Waals surface area contributed by atoms with Gasteiger partial charge >= 0.3 is 0 Å². The van der Waals surface area contributed by atoms with Gasteiger partial charge in [0.15, 0.2) is 0 Å². The maximum absolute atomic E-state index is 14.2. The molecule has 0 aliphatic carbocycles. The van der Waals surface area contributed by atoms with Crippen molar-refractivity contribution in [2.75, 3.05) is 51.3 Å². The molecular formula is C30H43N5O3. The fourth-order valence-electron chi connectivity index (χ4n) is 5.14. The van der Waals surface area contributed by atoms with E-state index in [0.717, 1.165) is 57.4 Å². The van der Waals surface area contributed by atoms with Crippen LogP contribution in [-0.4, -0.2) is 78.8 Å². The van der Waals surface area contributed by atoms with E-state index in [1.54, 1.807) is 0 Å². The largest absolute Gasteiger partial charge is 0.384 e. The molecule has 0 aromatic heterocycles. The van der Waals surface area contributed by atoms with Crippen LogP contribution in [0.5, 0.6) is 0 Å². The zero-order valence-corrected chi connectivity index (χ0v) is 23.0. The summed E-state index contributed by atoms with van der Waals surface area (Å²) in [4.78, 5) is 30.0. The van der Waals surface area contributed by atoms with Crippen LogP contribution in [0, 0.1) is 0 Å². The average molecular weight is 522 g/mol. The Kier molecular flexibility index (Phi) is 10.6. The van der Waals surface area contributed by atoms with E-state index >= 15 is 0 Å². The van der Waals surface area contributed by atoms with Crippen LogP contribution in [0.2, 0.25) is 0 Å². The van der Waals surface area contributed by atoms with Gasteiger partial charge in [0.05, 0.1) is 42.7 Å². The summed E-state index contributed by atoms with van der Waals surface area (Å²) in [6.07, 6.45) is 5.17. The Hall–Kier alpha value is -2.94. The second-order valence-electron chi connectivity index (χ2n) is 10.2. The van der Waals surface area contributed by atoms with E-state index in [4.69, 9.17) is 4.74 Å². The van der Waals surface area contributed by atoms with Gasteiger partial charge in [-0.15, -0.1) is 0 Å². The Labute approximate surface area is 227 Å². The molecule has 2 aliphatic heterocycles. The summed E-state index contributed by atoms with van der Waals surface area (Å²) < 4.78 is 5.46. The summed E-state index contributed by atoms with van der Waals surface area (Å²) in [6, 6.07) is 15.6. The highest BCUT2D eigenvalue weighted by Crippen LogP contribution is 2.26. The summed E-state index contributed by atoms with van der Waals surface area (Å²) >= 11 is 0. The van der Waals surface area contributed by atoms with Gasteiger partial charge in [-0.3, -0.25) is 19.5 Å². The summed E-state index contributed by atoms with van der Waals surface area (Å²) in [5.41, 5.74) is 2.74. The van der Waals surface area contributed by atoms with Crippen LogP contribution in [0.25, 0.3) is 0 Å². The summed E-state index contributed by atoms with van der Waals surface area (Å²) in [5, 5.41) is 10.7. The fourth-order valence-corrected chi connectivity index (χ4v) is 5.14. The Balaban J connectivity index is 1.63. The summed E-state index contributed by atoms with van der Waals surface area (Å²) in [7, 11) is 0. The van der Waals surface area contributed by atoms with E-state index in [-0.39, 0.29) is 18.0 Å². The number of para-hydroxylation sites is 1. The number of ether oxygens (including phenoxy) is 1. The maximum Gasteiger partial charge on any atom is 0.270 e. The number of rotatable bonds is 11. The second kappa shape index (κ2) is 14.3. The molecule has 0 radical (unpaired) electrons. The molecule has 1 atom stereocenters. The quantitative estimate of drug-likeness (QED) is 0.428. The fraction of sp³-hybridized carbons (Fsp3) is 0.533. The molecule has 2 fully saturated rings. The molecule has 1 unspecified atom stereocenters. The first-order chi connectivity index (χ1) is 18.6. The molecule has 2 saturated heterocycles. The normalized spacial score (nSPS) is 17.5. The third-order valence-electron chi connectivity index (χ3n) is 7.39. The third-order valence-corrected chi connectivity index (χ3v) is 7.39. The summed E-state index contributed by atoms with van der Waals surface area (Å²) in [5.74, 6) is -0.254. The molecule has 2 N–H and O–H groups in total. The molecule has 8 nitrogen and oxygen atoms in total. The zero-order valence-electron chi connectivity index (χ0n) is 23.0. The van der Waals surface area contributed by atoms with Crippen LogP contribution in [0.1, 0.15) is 72.2 Å². The number of nitrogens with one attached hydrogen (secondary N) is 2. The van der Waals surface area contributed by atoms with Gasteiger partial charge in [0.1, 0.15) is 0 Å². The number of carbonyl (C=O) groups is 2. The van der Waals surface area contributed by atoms with Crippen LogP contribution in [0.4, 0.5) is 5.69 Å². The highest BCUT2D eigenvalue weighted by molar-refractivity contribution is 6.07. The van der Waals surface area contributed by atoms with Crippen molar-refractivity contribution in [3.05, 3.63) is 65.2 Å². The minimum absolute atomic E-state index is 0.0781. The molecule has 8 heteroatoms. The van der Waals surface area contributed by atoms with Gasteiger partial charge in [0.2, 0.25) is 0 Å². The van der Waals surface area contributed by atoms with Crippen LogP contribution in [0.15, 0.2) is 48.5 Å². The van der Waals surface area contributed by atoms with E-state index in [1.807, 2.05) is 48.3 Å². The smallest absolute Gasteiger partial charge is 0.270 e. The molecule has 0 saturated carbocycles. The number of carbonyl (C=O) groups excluding carboxylic acids is 2. The van der Waals surface area contributed by atoms with Crippen LogP contribution >= 0.6 is 0 Å². The Bertz CT molecular complexity index is 1040. The molecule has 2 aliphatic rings. The van der Waals surface area contributed by atoms with E-state index in [0.29, 0.717) is 43.1 Å². The van der Waals surface area contributed by atoms with E-state index < -0.39 is 0 Å². The average Bonchev–Trinajstić information content (AvgIpc) is 2.97. The molecule has 0 spiro atoms. The molecule has 2 aromatic rings. The van der Waals surface area contributed by atoms with Gasteiger partial charge in [0.25, 0.3) is 11.8 Å². The van der Waals surface area contributed by atoms with E-state index in [1.165, 1.54) is 6.42 Å². The number of morpholine rings is 1. The highest BCUT2D eigenvalue weighted by Gasteiger charge is 2.29. The lowest BCUT2D eigenvalue weighted by atomic mass is 10.0. The van der Waals surface area contributed by atoms with Gasteiger partial charge in [-0.25, -0.2) is 5.01 Å². The first-order valence-corrected chi connectivity index (χ1v) is 14.2. The molecule has 0 bridgehead atoms. The molecule has 206 valence electrons. The maximum atomic E-state index is 14.2. The van der Waals surface area contributed by atoms with Gasteiger partial charge in [-0.05, 0) is 43.9 Å². The van der Waals surface area contributed by atoms with Gasteiger partial charge in [-0.2, -0.15) is 0 Å². The van der Waals surface area contributed by atoms with Gasteiger partial charge < -0.3 is 15.4 Å². The zero-order chi connectivity index (χ0) is 26.7.